The van der Waals surface area contributed by atoms with Crippen LogP contribution in [0.1, 0.15) is 5.69 Å². The van der Waals surface area contributed by atoms with Crippen LogP contribution in [0.3, 0.4) is 0 Å². The minimum absolute atomic E-state index is 0.0522. The summed E-state index contributed by atoms with van der Waals surface area (Å²) in [6.07, 6.45) is 1.65. The highest BCUT2D eigenvalue weighted by atomic mass is 16.6. The molecular formula is C10H11N5O2. The fourth-order valence-electron chi connectivity index (χ4n) is 1.39. The van der Waals surface area contributed by atoms with Crippen LogP contribution in [0.4, 0.5) is 5.69 Å². The van der Waals surface area contributed by atoms with Crippen LogP contribution in [-0.4, -0.2) is 27.0 Å². The summed E-state index contributed by atoms with van der Waals surface area (Å²) < 4.78 is 0. The van der Waals surface area contributed by atoms with E-state index in [1.54, 1.807) is 18.3 Å². The van der Waals surface area contributed by atoms with Gasteiger partial charge in [0.2, 0.25) is 0 Å². The van der Waals surface area contributed by atoms with E-state index in [1.807, 2.05) is 7.05 Å². The molecule has 7 heteroatoms. The summed E-state index contributed by atoms with van der Waals surface area (Å²) in [6, 6.07) is 6.08. The van der Waals surface area contributed by atoms with E-state index in [9.17, 15) is 10.1 Å². The van der Waals surface area contributed by atoms with Crippen LogP contribution >= 0.6 is 0 Å². The van der Waals surface area contributed by atoms with Gasteiger partial charge in [0.15, 0.2) is 0 Å². The average Bonchev–Trinajstić information content (AvgIpc) is 2.78. The topological polar surface area (TPSA) is 85.9 Å². The number of hydrogen-bond acceptors (Lipinski definition) is 5. The molecule has 1 N–H and O–H groups in total. The summed E-state index contributed by atoms with van der Waals surface area (Å²) in [5, 5.41) is 21.8. The molecule has 0 radical (unpaired) electrons. The van der Waals surface area contributed by atoms with Crippen molar-refractivity contribution in [3.63, 3.8) is 0 Å². The van der Waals surface area contributed by atoms with Crippen LogP contribution in [0.2, 0.25) is 0 Å². The molecule has 2 rings (SSSR count). The number of nitrogens with zero attached hydrogens (tertiary/aromatic N) is 4. The van der Waals surface area contributed by atoms with Gasteiger partial charge in [0, 0.05) is 18.7 Å². The van der Waals surface area contributed by atoms with Crippen molar-refractivity contribution in [1.29, 1.82) is 0 Å². The van der Waals surface area contributed by atoms with Gasteiger partial charge in [-0.2, -0.15) is 15.0 Å². The van der Waals surface area contributed by atoms with E-state index in [2.05, 4.69) is 15.5 Å². The molecule has 1 aromatic carbocycles. The van der Waals surface area contributed by atoms with Crippen LogP contribution in [-0.2, 0) is 6.54 Å². The molecule has 88 valence electrons. The van der Waals surface area contributed by atoms with Crippen molar-refractivity contribution in [2.24, 2.45) is 0 Å². The zero-order chi connectivity index (χ0) is 12.3. The first-order valence-corrected chi connectivity index (χ1v) is 5.01. The van der Waals surface area contributed by atoms with Crippen LogP contribution in [0.5, 0.6) is 0 Å². The highest BCUT2D eigenvalue weighted by Crippen LogP contribution is 2.13. The molecule has 0 spiro atoms. The van der Waals surface area contributed by atoms with Gasteiger partial charge in [-0.05, 0) is 19.2 Å². The van der Waals surface area contributed by atoms with E-state index in [0.717, 1.165) is 5.69 Å². The first-order valence-electron chi connectivity index (χ1n) is 5.01. The molecular weight excluding hydrogens is 222 g/mol. The van der Waals surface area contributed by atoms with Gasteiger partial charge < -0.3 is 5.32 Å². The second kappa shape index (κ2) is 4.71. The lowest BCUT2D eigenvalue weighted by atomic mass is 10.3. The standard InChI is InChI=1S/C10H11N5O2/c1-11-6-8-7-12-14(13-8)9-2-4-10(5-3-9)15(16)17/h2-5,7,11H,6H2,1H3. The summed E-state index contributed by atoms with van der Waals surface area (Å²) in [7, 11) is 1.82. The maximum absolute atomic E-state index is 10.5. The van der Waals surface area contributed by atoms with E-state index in [0.29, 0.717) is 12.2 Å². The molecule has 1 heterocycles. The maximum Gasteiger partial charge on any atom is 0.269 e. The van der Waals surface area contributed by atoms with Crippen molar-refractivity contribution < 1.29 is 4.92 Å². The molecule has 0 aliphatic heterocycles. The molecule has 0 aliphatic carbocycles. The Kier molecular flexibility index (Phi) is 3.10. The second-order valence-corrected chi connectivity index (χ2v) is 3.43. The van der Waals surface area contributed by atoms with Gasteiger partial charge in [0.1, 0.15) is 0 Å². The molecule has 17 heavy (non-hydrogen) atoms. The number of nitro groups is 1. The summed E-state index contributed by atoms with van der Waals surface area (Å²) in [5.74, 6) is 0. The van der Waals surface area contributed by atoms with E-state index in [-0.39, 0.29) is 5.69 Å². The molecule has 0 unspecified atom stereocenters. The number of benzene rings is 1. The van der Waals surface area contributed by atoms with E-state index < -0.39 is 4.92 Å². The summed E-state index contributed by atoms with van der Waals surface area (Å²) in [6.45, 7) is 0.632. The van der Waals surface area contributed by atoms with E-state index >= 15 is 0 Å². The van der Waals surface area contributed by atoms with Crippen molar-refractivity contribution in [3.8, 4) is 5.69 Å². The molecule has 0 atom stereocenters. The minimum atomic E-state index is -0.438. The van der Waals surface area contributed by atoms with Crippen LogP contribution in [0, 0.1) is 10.1 Å². The SMILES string of the molecule is CNCc1cnn(-c2ccc([N+](=O)[O-])cc2)n1. The van der Waals surface area contributed by atoms with Crippen molar-refractivity contribution in [1.82, 2.24) is 20.3 Å². The van der Waals surface area contributed by atoms with Crippen molar-refractivity contribution in [2.45, 2.75) is 6.54 Å². The highest BCUT2D eigenvalue weighted by Gasteiger charge is 2.06. The monoisotopic (exact) mass is 233 g/mol. The molecule has 7 nitrogen and oxygen atoms in total. The number of aromatic nitrogens is 3. The number of non-ortho nitro benzene ring substituents is 1. The quantitative estimate of drug-likeness (QED) is 0.626. The average molecular weight is 233 g/mol. The Balaban J connectivity index is 2.23. The molecule has 0 fully saturated rings. The fraction of sp³-hybridized carbons (Fsp3) is 0.200. The van der Waals surface area contributed by atoms with Crippen molar-refractivity contribution in [3.05, 3.63) is 46.3 Å². The van der Waals surface area contributed by atoms with Crippen molar-refractivity contribution >= 4 is 5.69 Å². The second-order valence-electron chi connectivity index (χ2n) is 3.43. The van der Waals surface area contributed by atoms with Gasteiger partial charge in [0.25, 0.3) is 5.69 Å². The molecule has 0 aliphatic rings. The Bertz CT molecular complexity index is 520. The van der Waals surface area contributed by atoms with Gasteiger partial charge >= 0.3 is 0 Å². The van der Waals surface area contributed by atoms with Gasteiger partial charge in [-0.1, -0.05) is 0 Å². The third-order valence-corrected chi connectivity index (χ3v) is 2.19. The molecule has 0 saturated carbocycles. The lowest BCUT2D eigenvalue weighted by Gasteiger charge is -1.98. The molecule has 2 aromatic rings. The Morgan fingerprint density at radius 2 is 2.12 bits per heavy atom. The third-order valence-electron chi connectivity index (χ3n) is 2.19. The predicted octanol–water partition coefficient (Wildman–Crippen LogP) is 0.895. The molecule has 0 saturated heterocycles. The lowest BCUT2D eigenvalue weighted by molar-refractivity contribution is -0.384. The summed E-state index contributed by atoms with van der Waals surface area (Å²) in [4.78, 5) is 11.5. The maximum atomic E-state index is 10.5. The number of nitro benzene ring substituents is 1. The first kappa shape index (κ1) is 11.2. The fourth-order valence-corrected chi connectivity index (χ4v) is 1.39. The normalized spacial score (nSPS) is 10.4. The lowest BCUT2D eigenvalue weighted by Crippen LogP contribution is -2.06. The zero-order valence-corrected chi connectivity index (χ0v) is 9.20. The van der Waals surface area contributed by atoms with Gasteiger partial charge in [-0.25, -0.2) is 0 Å². The van der Waals surface area contributed by atoms with Crippen LogP contribution < -0.4 is 5.32 Å². The molecule has 0 amide bonds. The van der Waals surface area contributed by atoms with Gasteiger partial charge in [-0.15, -0.1) is 0 Å². The molecule has 1 aromatic heterocycles. The van der Waals surface area contributed by atoms with E-state index in [1.165, 1.54) is 16.9 Å². The Morgan fingerprint density at radius 1 is 1.41 bits per heavy atom. The van der Waals surface area contributed by atoms with Crippen LogP contribution in [0.25, 0.3) is 5.69 Å². The van der Waals surface area contributed by atoms with Gasteiger partial charge in [-0.3, -0.25) is 10.1 Å². The summed E-state index contributed by atoms with van der Waals surface area (Å²) in [5.41, 5.74) is 1.56. The predicted molar refractivity (Wildman–Crippen MR) is 60.8 cm³/mol. The summed E-state index contributed by atoms with van der Waals surface area (Å²) >= 11 is 0. The smallest absolute Gasteiger partial charge is 0.269 e. The third kappa shape index (κ3) is 2.45. The number of nitrogens with one attached hydrogen (secondary N) is 1. The van der Waals surface area contributed by atoms with E-state index in [4.69, 9.17) is 0 Å². The van der Waals surface area contributed by atoms with Gasteiger partial charge in [0.05, 0.1) is 22.5 Å². The number of rotatable bonds is 4. The largest absolute Gasteiger partial charge is 0.314 e. The van der Waals surface area contributed by atoms with Crippen molar-refractivity contribution in [2.75, 3.05) is 7.05 Å². The number of hydrogen-bond donors (Lipinski definition) is 1. The zero-order valence-electron chi connectivity index (χ0n) is 9.20. The first-order chi connectivity index (χ1) is 8.20. The Morgan fingerprint density at radius 3 is 2.71 bits per heavy atom. The minimum Gasteiger partial charge on any atom is -0.314 e. The highest BCUT2D eigenvalue weighted by molar-refractivity contribution is 5.39. The molecule has 0 bridgehead atoms. The Labute approximate surface area is 97.2 Å². The Hall–Kier alpha value is -2.28. The van der Waals surface area contributed by atoms with Crippen LogP contribution in [0.15, 0.2) is 30.5 Å².